The van der Waals surface area contributed by atoms with Gasteiger partial charge in [0.2, 0.25) is 5.91 Å². The summed E-state index contributed by atoms with van der Waals surface area (Å²) in [5.74, 6) is 0.272. The van der Waals surface area contributed by atoms with Crippen molar-refractivity contribution in [3.05, 3.63) is 0 Å². The Kier molecular flexibility index (Phi) is 3.53. The van der Waals surface area contributed by atoms with Crippen LogP contribution in [0.15, 0.2) is 0 Å². The van der Waals surface area contributed by atoms with E-state index >= 15 is 0 Å². The number of nitrogens with one attached hydrogen (secondary N) is 1. The lowest BCUT2D eigenvalue weighted by molar-refractivity contribution is -0.130. The van der Waals surface area contributed by atoms with E-state index in [9.17, 15) is 4.79 Å². The molecule has 82 valence electrons. The van der Waals surface area contributed by atoms with Crippen LogP contribution >= 0.6 is 0 Å². The molecular formula is C11H22N2O. The number of likely N-dealkylation sites (N-methyl/N-ethyl adjacent to an activating group) is 1. The van der Waals surface area contributed by atoms with E-state index < -0.39 is 0 Å². The molecule has 1 unspecified atom stereocenters. The Balaban J connectivity index is 2.52. The van der Waals surface area contributed by atoms with E-state index in [2.05, 4.69) is 26.1 Å². The first kappa shape index (κ1) is 11.5. The zero-order chi connectivity index (χ0) is 10.8. The van der Waals surface area contributed by atoms with Crippen LogP contribution in [0.5, 0.6) is 0 Å². The first-order valence-electron chi connectivity index (χ1n) is 5.46. The molecule has 0 radical (unpaired) electrons. The molecule has 0 aromatic carbocycles. The molecule has 0 aromatic heterocycles. The van der Waals surface area contributed by atoms with Gasteiger partial charge in [-0.2, -0.15) is 0 Å². The second-order valence-electron chi connectivity index (χ2n) is 4.91. The first-order chi connectivity index (χ1) is 6.50. The maximum Gasteiger partial charge on any atom is 0.239 e. The summed E-state index contributed by atoms with van der Waals surface area (Å²) in [4.78, 5) is 13.8. The normalized spacial score (nSPS) is 23.3. The van der Waals surface area contributed by atoms with Gasteiger partial charge in [-0.05, 0) is 25.3 Å². The fourth-order valence-electron chi connectivity index (χ4n) is 1.79. The molecule has 1 fully saturated rings. The van der Waals surface area contributed by atoms with Gasteiger partial charge in [0.1, 0.15) is 0 Å². The van der Waals surface area contributed by atoms with Gasteiger partial charge in [0.15, 0.2) is 0 Å². The van der Waals surface area contributed by atoms with Crippen LogP contribution in [0.2, 0.25) is 0 Å². The fourth-order valence-corrected chi connectivity index (χ4v) is 1.79. The van der Waals surface area contributed by atoms with Gasteiger partial charge < -0.3 is 10.2 Å². The number of carbonyl (C=O) groups is 1. The van der Waals surface area contributed by atoms with Gasteiger partial charge in [0.25, 0.3) is 0 Å². The van der Waals surface area contributed by atoms with Crippen molar-refractivity contribution in [3.8, 4) is 0 Å². The van der Waals surface area contributed by atoms with Gasteiger partial charge in [0.05, 0.1) is 6.04 Å². The standard InChI is InChI=1S/C11H22N2O/c1-5-11(2,3)8-13-7-6-9(12-4)10(13)14/h9,12H,5-8H2,1-4H3. The molecule has 0 aliphatic carbocycles. The van der Waals surface area contributed by atoms with E-state index in [4.69, 9.17) is 0 Å². The molecule has 0 bridgehead atoms. The summed E-state index contributed by atoms with van der Waals surface area (Å²) in [6.07, 6.45) is 2.07. The second kappa shape index (κ2) is 4.30. The Morgan fingerprint density at radius 2 is 2.21 bits per heavy atom. The predicted molar refractivity (Wildman–Crippen MR) is 58.1 cm³/mol. The van der Waals surface area contributed by atoms with Gasteiger partial charge >= 0.3 is 0 Å². The van der Waals surface area contributed by atoms with E-state index in [1.807, 2.05) is 11.9 Å². The zero-order valence-corrected chi connectivity index (χ0v) is 9.76. The maximum absolute atomic E-state index is 11.8. The Hall–Kier alpha value is -0.570. The fraction of sp³-hybridized carbons (Fsp3) is 0.909. The zero-order valence-electron chi connectivity index (χ0n) is 9.76. The molecule has 0 spiro atoms. The smallest absolute Gasteiger partial charge is 0.239 e. The minimum Gasteiger partial charge on any atom is -0.341 e. The highest BCUT2D eigenvalue weighted by Crippen LogP contribution is 2.24. The van der Waals surface area contributed by atoms with Crippen molar-refractivity contribution in [3.63, 3.8) is 0 Å². The van der Waals surface area contributed by atoms with Crippen LogP contribution in [0, 0.1) is 5.41 Å². The van der Waals surface area contributed by atoms with Gasteiger partial charge in [-0.15, -0.1) is 0 Å². The molecule has 1 aliphatic rings. The lowest BCUT2D eigenvalue weighted by atomic mass is 9.90. The van der Waals surface area contributed by atoms with Crippen LogP contribution in [-0.2, 0) is 4.79 Å². The van der Waals surface area contributed by atoms with Crippen molar-refractivity contribution in [2.75, 3.05) is 20.1 Å². The van der Waals surface area contributed by atoms with Crippen molar-refractivity contribution in [1.29, 1.82) is 0 Å². The number of carbonyl (C=O) groups excluding carboxylic acids is 1. The molecule has 0 aromatic rings. The van der Waals surface area contributed by atoms with Crippen LogP contribution in [-0.4, -0.2) is 37.0 Å². The molecule has 1 rings (SSSR count). The second-order valence-corrected chi connectivity index (χ2v) is 4.91. The number of likely N-dealkylation sites (tertiary alicyclic amines) is 1. The van der Waals surface area contributed by atoms with E-state index in [1.54, 1.807) is 0 Å². The SMILES string of the molecule is CCC(C)(C)CN1CCC(NC)C1=O. The first-order valence-corrected chi connectivity index (χ1v) is 5.46. The highest BCUT2D eigenvalue weighted by molar-refractivity contribution is 5.83. The van der Waals surface area contributed by atoms with Crippen LogP contribution < -0.4 is 5.32 Å². The monoisotopic (exact) mass is 198 g/mol. The van der Waals surface area contributed by atoms with Crippen molar-refractivity contribution < 1.29 is 4.79 Å². The van der Waals surface area contributed by atoms with Crippen LogP contribution in [0.4, 0.5) is 0 Å². The Bertz CT molecular complexity index is 213. The largest absolute Gasteiger partial charge is 0.341 e. The molecule has 1 amide bonds. The topological polar surface area (TPSA) is 32.3 Å². The van der Waals surface area contributed by atoms with Crippen LogP contribution in [0.3, 0.4) is 0 Å². The summed E-state index contributed by atoms with van der Waals surface area (Å²) >= 11 is 0. The minimum atomic E-state index is 0.0580. The summed E-state index contributed by atoms with van der Waals surface area (Å²) < 4.78 is 0. The lowest BCUT2D eigenvalue weighted by Gasteiger charge is -2.29. The average molecular weight is 198 g/mol. The predicted octanol–water partition coefficient (Wildman–Crippen LogP) is 1.24. The summed E-state index contributed by atoms with van der Waals surface area (Å²) in [5.41, 5.74) is 0.248. The quantitative estimate of drug-likeness (QED) is 0.737. The third kappa shape index (κ3) is 2.47. The van der Waals surface area contributed by atoms with E-state index in [1.165, 1.54) is 0 Å². The maximum atomic E-state index is 11.8. The highest BCUT2D eigenvalue weighted by atomic mass is 16.2. The van der Waals surface area contributed by atoms with Gasteiger partial charge in [-0.25, -0.2) is 0 Å². The van der Waals surface area contributed by atoms with Crippen molar-refractivity contribution >= 4 is 5.91 Å². The van der Waals surface area contributed by atoms with E-state index in [-0.39, 0.29) is 17.4 Å². The third-order valence-corrected chi connectivity index (χ3v) is 3.22. The summed E-state index contributed by atoms with van der Waals surface area (Å²) in [5, 5.41) is 3.06. The summed E-state index contributed by atoms with van der Waals surface area (Å²) in [6.45, 7) is 8.41. The molecule has 1 aliphatic heterocycles. The number of amides is 1. The van der Waals surface area contributed by atoms with Gasteiger partial charge in [-0.1, -0.05) is 20.8 Å². The van der Waals surface area contributed by atoms with Crippen LogP contribution in [0.1, 0.15) is 33.6 Å². The number of hydrogen-bond acceptors (Lipinski definition) is 2. The van der Waals surface area contributed by atoms with Gasteiger partial charge in [0, 0.05) is 13.1 Å². The molecule has 0 saturated carbocycles. The highest BCUT2D eigenvalue weighted by Gasteiger charge is 2.33. The number of nitrogens with zero attached hydrogens (tertiary/aromatic N) is 1. The molecule has 1 N–H and O–H groups in total. The lowest BCUT2D eigenvalue weighted by Crippen LogP contribution is -2.40. The molecule has 14 heavy (non-hydrogen) atoms. The van der Waals surface area contributed by atoms with Crippen LogP contribution in [0.25, 0.3) is 0 Å². The van der Waals surface area contributed by atoms with Gasteiger partial charge in [-0.3, -0.25) is 4.79 Å². The molecule has 1 atom stereocenters. The van der Waals surface area contributed by atoms with Crippen molar-refractivity contribution in [1.82, 2.24) is 10.2 Å². The Morgan fingerprint density at radius 3 is 2.64 bits per heavy atom. The third-order valence-electron chi connectivity index (χ3n) is 3.22. The van der Waals surface area contributed by atoms with Crippen molar-refractivity contribution in [2.24, 2.45) is 5.41 Å². The molecule has 3 nitrogen and oxygen atoms in total. The minimum absolute atomic E-state index is 0.0580. The Morgan fingerprint density at radius 1 is 1.57 bits per heavy atom. The number of hydrogen-bond donors (Lipinski definition) is 1. The molecule has 1 heterocycles. The van der Waals surface area contributed by atoms with E-state index in [0.29, 0.717) is 0 Å². The molecule has 3 heteroatoms. The summed E-state index contributed by atoms with van der Waals surface area (Å²) in [7, 11) is 1.86. The van der Waals surface area contributed by atoms with E-state index in [0.717, 1.165) is 25.9 Å². The number of rotatable bonds is 4. The summed E-state index contributed by atoms with van der Waals surface area (Å²) in [6, 6.07) is 0.0580. The molecular weight excluding hydrogens is 176 g/mol. The Labute approximate surface area is 86.9 Å². The average Bonchev–Trinajstić information content (AvgIpc) is 2.47. The molecule has 1 saturated heterocycles. The van der Waals surface area contributed by atoms with Crippen molar-refractivity contribution in [2.45, 2.75) is 39.7 Å².